The van der Waals surface area contributed by atoms with E-state index in [0.29, 0.717) is 6.54 Å². The maximum absolute atomic E-state index is 13.2. The monoisotopic (exact) mass is 239 g/mol. The Morgan fingerprint density at radius 3 is 2.65 bits per heavy atom. The van der Waals surface area contributed by atoms with E-state index in [1.54, 1.807) is 12.1 Å². The Morgan fingerprint density at radius 2 is 2.06 bits per heavy atom. The number of hydrogen-bond donors (Lipinski definition) is 3. The molecule has 0 spiro atoms. The standard InChI is InChI=1S/C12H18FN3O/c1-8(2)10(14)7-15-12(17)16-11-6-4-3-5-9(11)13/h3-6,8,10H,7,14H2,1-2H3,(H2,15,16,17). The van der Waals surface area contributed by atoms with Crippen LogP contribution in [0.3, 0.4) is 0 Å². The van der Waals surface area contributed by atoms with Gasteiger partial charge in [-0.05, 0) is 18.1 Å². The smallest absolute Gasteiger partial charge is 0.319 e. The SMILES string of the molecule is CC(C)C(N)CNC(=O)Nc1ccccc1F. The first kappa shape index (κ1) is 13.4. The Labute approximate surface area is 100 Å². The molecule has 0 saturated heterocycles. The first-order valence-electron chi connectivity index (χ1n) is 5.55. The van der Waals surface area contributed by atoms with Crippen LogP contribution in [-0.2, 0) is 0 Å². The van der Waals surface area contributed by atoms with Gasteiger partial charge in [0, 0.05) is 12.6 Å². The molecule has 0 aliphatic carbocycles. The molecule has 4 nitrogen and oxygen atoms in total. The minimum absolute atomic E-state index is 0.110. The summed E-state index contributed by atoms with van der Waals surface area (Å²) >= 11 is 0. The number of para-hydroxylation sites is 1. The van der Waals surface area contributed by atoms with Crippen LogP contribution in [0.2, 0.25) is 0 Å². The number of benzene rings is 1. The Kier molecular flexibility index (Phi) is 4.90. The molecule has 0 bridgehead atoms. The Bertz CT molecular complexity index is 382. The van der Waals surface area contributed by atoms with Crippen molar-refractivity contribution in [3.63, 3.8) is 0 Å². The highest BCUT2D eigenvalue weighted by Crippen LogP contribution is 2.11. The fraction of sp³-hybridized carbons (Fsp3) is 0.417. The van der Waals surface area contributed by atoms with Gasteiger partial charge in [0.2, 0.25) is 0 Å². The summed E-state index contributed by atoms with van der Waals surface area (Å²) in [6.45, 7) is 4.31. The lowest BCUT2D eigenvalue weighted by atomic mass is 10.1. The number of carbonyl (C=O) groups excluding carboxylic acids is 1. The molecule has 0 aliphatic rings. The van der Waals surface area contributed by atoms with Crippen LogP contribution in [0, 0.1) is 11.7 Å². The van der Waals surface area contributed by atoms with Crippen molar-refractivity contribution in [1.82, 2.24) is 5.32 Å². The summed E-state index contributed by atoms with van der Waals surface area (Å²) < 4.78 is 13.2. The molecule has 0 fully saturated rings. The third-order valence-electron chi connectivity index (χ3n) is 2.48. The van der Waals surface area contributed by atoms with Crippen molar-refractivity contribution in [2.45, 2.75) is 19.9 Å². The first-order valence-corrected chi connectivity index (χ1v) is 5.55. The molecular weight excluding hydrogens is 221 g/mol. The summed E-state index contributed by atoms with van der Waals surface area (Å²) in [6, 6.07) is 5.44. The third kappa shape index (κ3) is 4.40. The second-order valence-corrected chi connectivity index (χ2v) is 4.22. The van der Waals surface area contributed by atoms with Crippen LogP contribution < -0.4 is 16.4 Å². The first-order chi connectivity index (χ1) is 8.00. The second kappa shape index (κ2) is 6.20. The molecule has 1 atom stereocenters. The number of nitrogens with two attached hydrogens (primary N) is 1. The number of nitrogens with one attached hydrogen (secondary N) is 2. The number of carbonyl (C=O) groups is 1. The van der Waals surface area contributed by atoms with Crippen LogP contribution in [0.25, 0.3) is 0 Å². The highest BCUT2D eigenvalue weighted by Gasteiger charge is 2.10. The van der Waals surface area contributed by atoms with E-state index in [1.165, 1.54) is 12.1 Å². The third-order valence-corrected chi connectivity index (χ3v) is 2.48. The van der Waals surface area contributed by atoms with Gasteiger partial charge in [-0.3, -0.25) is 0 Å². The average molecular weight is 239 g/mol. The van der Waals surface area contributed by atoms with Crippen LogP contribution in [0.5, 0.6) is 0 Å². The predicted octanol–water partition coefficient (Wildman–Crippen LogP) is 1.93. The quantitative estimate of drug-likeness (QED) is 0.751. The van der Waals surface area contributed by atoms with Crippen molar-refractivity contribution in [2.24, 2.45) is 11.7 Å². The molecular formula is C12H18FN3O. The topological polar surface area (TPSA) is 67.1 Å². The molecule has 1 aromatic rings. The van der Waals surface area contributed by atoms with E-state index in [4.69, 9.17) is 5.73 Å². The lowest BCUT2D eigenvalue weighted by Gasteiger charge is -2.16. The van der Waals surface area contributed by atoms with Crippen LogP contribution in [0.1, 0.15) is 13.8 Å². The van der Waals surface area contributed by atoms with Gasteiger partial charge in [0.05, 0.1) is 5.69 Å². The van der Waals surface area contributed by atoms with Crippen molar-refractivity contribution in [3.8, 4) is 0 Å². The van der Waals surface area contributed by atoms with Crippen molar-refractivity contribution >= 4 is 11.7 Å². The molecule has 0 saturated carbocycles. The predicted molar refractivity (Wildman–Crippen MR) is 66.2 cm³/mol. The minimum Gasteiger partial charge on any atom is -0.336 e. The number of hydrogen-bond acceptors (Lipinski definition) is 2. The summed E-state index contributed by atoms with van der Waals surface area (Å²) in [5.74, 6) is -0.181. The van der Waals surface area contributed by atoms with Gasteiger partial charge in [0.25, 0.3) is 0 Å². The summed E-state index contributed by atoms with van der Waals surface area (Å²) in [6.07, 6.45) is 0. The van der Waals surface area contributed by atoms with Crippen molar-refractivity contribution in [2.75, 3.05) is 11.9 Å². The van der Waals surface area contributed by atoms with Gasteiger partial charge in [0.15, 0.2) is 0 Å². The van der Waals surface area contributed by atoms with E-state index in [0.717, 1.165) is 0 Å². The maximum atomic E-state index is 13.2. The summed E-state index contributed by atoms with van der Waals surface area (Å²) in [7, 11) is 0. The molecule has 94 valence electrons. The van der Waals surface area contributed by atoms with E-state index < -0.39 is 11.8 Å². The molecule has 0 aromatic heterocycles. The van der Waals surface area contributed by atoms with Crippen LogP contribution in [-0.4, -0.2) is 18.6 Å². The number of amides is 2. The molecule has 2 amide bonds. The molecule has 1 aromatic carbocycles. The van der Waals surface area contributed by atoms with Crippen molar-refractivity contribution in [1.29, 1.82) is 0 Å². The average Bonchev–Trinajstić information content (AvgIpc) is 2.29. The lowest BCUT2D eigenvalue weighted by molar-refractivity contribution is 0.250. The molecule has 5 heteroatoms. The van der Waals surface area contributed by atoms with E-state index >= 15 is 0 Å². The Morgan fingerprint density at radius 1 is 1.41 bits per heavy atom. The van der Waals surface area contributed by atoms with Gasteiger partial charge in [0.1, 0.15) is 5.82 Å². The zero-order chi connectivity index (χ0) is 12.8. The van der Waals surface area contributed by atoms with Gasteiger partial charge in [-0.25, -0.2) is 9.18 Å². The fourth-order valence-corrected chi connectivity index (χ4v) is 1.18. The largest absolute Gasteiger partial charge is 0.336 e. The molecule has 17 heavy (non-hydrogen) atoms. The second-order valence-electron chi connectivity index (χ2n) is 4.22. The molecule has 1 rings (SSSR count). The highest BCUT2D eigenvalue weighted by atomic mass is 19.1. The summed E-state index contributed by atoms with van der Waals surface area (Å²) in [5.41, 5.74) is 5.93. The summed E-state index contributed by atoms with van der Waals surface area (Å²) in [4.78, 5) is 11.4. The molecule has 1 unspecified atom stereocenters. The molecule has 0 heterocycles. The zero-order valence-corrected chi connectivity index (χ0v) is 10.0. The van der Waals surface area contributed by atoms with Crippen LogP contribution in [0.4, 0.5) is 14.9 Å². The van der Waals surface area contributed by atoms with Gasteiger partial charge in [-0.2, -0.15) is 0 Å². The Hall–Kier alpha value is -1.62. The van der Waals surface area contributed by atoms with E-state index in [-0.39, 0.29) is 17.6 Å². The number of urea groups is 1. The van der Waals surface area contributed by atoms with E-state index in [1.807, 2.05) is 13.8 Å². The zero-order valence-electron chi connectivity index (χ0n) is 10.0. The van der Waals surface area contributed by atoms with Gasteiger partial charge < -0.3 is 16.4 Å². The number of anilines is 1. The molecule has 4 N–H and O–H groups in total. The lowest BCUT2D eigenvalue weighted by Crippen LogP contribution is -2.42. The highest BCUT2D eigenvalue weighted by molar-refractivity contribution is 5.89. The Balaban J connectivity index is 2.43. The number of rotatable bonds is 4. The fourth-order valence-electron chi connectivity index (χ4n) is 1.18. The number of halogens is 1. The van der Waals surface area contributed by atoms with Crippen molar-refractivity contribution < 1.29 is 9.18 Å². The van der Waals surface area contributed by atoms with Gasteiger partial charge in [-0.1, -0.05) is 26.0 Å². The molecule has 0 radical (unpaired) electrons. The normalized spacial score (nSPS) is 12.3. The van der Waals surface area contributed by atoms with E-state index in [2.05, 4.69) is 10.6 Å². The van der Waals surface area contributed by atoms with Crippen LogP contribution in [0.15, 0.2) is 24.3 Å². The molecule has 0 aliphatic heterocycles. The van der Waals surface area contributed by atoms with Gasteiger partial charge >= 0.3 is 6.03 Å². The van der Waals surface area contributed by atoms with Crippen LogP contribution >= 0.6 is 0 Å². The minimum atomic E-state index is -0.462. The van der Waals surface area contributed by atoms with Gasteiger partial charge in [-0.15, -0.1) is 0 Å². The van der Waals surface area contributed by atoms with Crippen molar-refractivity contribution in [3.05, 3.63) is 30.1 Å². The van der Waals surface area contributed by atoms with E-state index in [9.17, 15) is 9.18 Å². The maximum Gasteiger partial charge on any atom is 0.319 e. The summed E-state index contributed by atoms with van der Waals surface area (Å²) in [5, 5.41) is 5.02.